The molecular weight excluding hydrogens is 337 g/mol. The summed E-state index contributed by atoms with van der Waals surface area (Å²) in [7, 11) is 0. The van der Waals surface area contributed by atoms with Crippen LogP contribution in [-0.2, 0) is 4.74 Å². The van der Waals surface area contributed by atoms with Crippen LogP contribution in [0.1, 0.15) is 6.42 Å². The van der Waals surface area contributed by atoms with Gasteiger partial charge in [0.2, 0.25) is 0 Å². The molecule has 22 heavy (non-hydrogen) atoms. The van der Waals surface area contributed by atoms with Gasteiger partial charge in [0.1, 0.15) is 11.3 Å². The largest absolute Gasteiger partial charge is 0.374 e. The van der Waals surface area contributed by atoms with E-state index in [9.17, 15) is 8.78 Å². The molecular formula is C13H10Cl2F2N4O. The molecule has 3 heterocycles. The van der Waals surface area contributed by atoms with Crippen LogP contribution in [0.3, 0.4) is 0 Å². The molecule has 0 bridgehead atoms. The number of hydrogen-bond acceptors (Lipinski definition) is 5. The number of aromatic nitrogens is 3. The van der Waals surface area contributed by atoms with E-state index in [1.54, 1.807) is 0 Å². The lowest BCUT2D eigenvalue weighted by molar-refractivity contribution is 0.124. The van der Waals surface area contributed by atoms with Gasteiger partial charge in [-0.1, -0.05) is 11.6 Å². The number of fused-ring (bicyclic) bond motifs is 2. The molecule has 1 aliphatic carbocycles. The van der Waals surface area contributed by atoms with Crippen molar-refractivity contribution >= 4 is 39.9 Å². The molecule has 0 radical (unpaired) electrons. The average Bonchev–Trinajstić information content (AvgIpc) is 3.18. The topological polar surface area (TPSA) is 51.1 Å². The van der Waals surface area contributed by atoms with Crippen LogP contribution in [0.15, 0.2) is 6.20 Å². The van der Waals surface area contributed by atoms with Gasteiger partial charge in [-0.25, -0.2) is 9.37 Å². The quantitative estimate of drug-likeness (QED) is 0.451. The number of anilines is 1. The number of alkyl halides is 1. The monoisotopic (exact) mass is 346 g/mol. The summed E-state index contributed by atoms with van der Waals surface area (Å²) in [6.07, 6.45) is 0.953. The lowest BCUT2D eigenvalue weighted by Crippen LogP contribution is -2.30. The highest BCUT2D eigenvalue weighted by Gasteiger charge is 2.55. The van der Waals surface area contributed by atoms with Crippen LogP contribution in [0.25, 0.3) is 10.9 Å². The van der Waals surface area contributed by atoms with Gasteiger partial charge < -0.3 is 9.64 Å². The van der Waals surface area contributed by atoms with Crippen molar-refractivity contribution < 1.29 is 13.5 Å². The zero-order chi connectivity index (χ0) is 15.4. The minimum atomic E-state index is -1.02. The highest BCUT2D eigenvalue weighted by Crippen LogP contribution is 2.42. The molecule has 0 spiro atoms. The van der Waals surface area contributed by atoms with Gasteiger partial charge in [-0.3, -0.25) is 0 Å². The smallest absolute Gasteiger partial charge is 0.311 e. The van der Waals surface area contributed by atoms with E-state index in [0.717, 1.165) is 6.42 Å². The Morgan fingerprint density at radius 1 is 1.32 bits per heavy atom. The fourth-order valence-electron chi connectivity index (χ4n) is 2.84. The number of pyridine rings is 1. The van der Waals surface area contributed by atoms with Crippen molar-refractivity contribution in [3.63, 3.8) is 0 Å². The second-order valence-corrected chi connectivity index (χ2v) is 6.12. The van der Waals surface area contributed by atoms with Crippen molar-refractivity contribution in [1.82, 2.24) is 15.0 Å². The van der Waals surface area contributed by atoms with E-state index in [2.05, 4.69) is 15.0 Å². The Morgan fingerprint density at radius 3 is 2.95 bits per heavy atom. The third-order valence-corrected chi connectivity index (χ3v) is 4.69. The highest BCUT2D eigenvalue weighted by molar-refractivity contribution is 6.30. The summed E-state index contributed by atoms with van der Waals surface area (Å²) in [4.78, 5) is 13.0. The Bertz CT molecular complexity index is 762. The van der Waals surface area contributed by atoms with E-state index in [4.69, 9.17) is 27.9 Å². The SMILES string of the molecule is Fc1nc(N2CCCO[C@@H]3C2[C@H]3Cl)c2cnc(Cl)c(F)c2n1. The van der Waals surface area contributed by atoms with E-state index >= 15 is 0 Å². The summed E-state index contributed by atoms with van der Waals surface area (Å²) < 4.78 is 33.4. The second-order valence-electron chi connectivity index (χ2n) is 5.26. The minimum absolute atomic E-state index is 0.111. The summed E-state index contributed by atoms with van der Waals surface area (Å²) in [6, 6.07) is -0.111. The van der Waals surface area contributed by atoms with Gasteiger partial charge in [0.25, 0.3) is 0 Å². The van der Waals surface area contributed by atoms with Crippen molar-refractivity contribution in [2.24, 2.45) is 0 Å². The summed E-state index contributed by atoms with van der Waals surface area (Å²) >= 11 is 11.8. The van der Waals surface area contributed by atoms with Crippen molar-refractivity contribution in [3.05, 3.63) is 23.2 Å². The fourth-order valence-corrected chi connectivity index (χ4v) is 3.39. The molecule has 1 aliphatic heterocycles. The van der Waals surface area contributed by atoms with Crippen LogP contribution in [0.5, 0.6) is 0 Å². The van der Waals surface area contributed by atoms with Crippen LogP contribution in [-0.4, -0.2) is 45.6 Å². The normalized spacial score (nSPS) is 27.6. The third kappa shape index (κ3) is 2.11. The summed E-state index contributed by atoms with van der Waals surface area (Å²) in [5.41, 5.74) is -0.184. The third-order valence-electron chi connectivity index (χ3n) is 3.92. The van der Waals surface area contributed by atoms with Gasteiger partial charge in [0, 0.05) is 19.3 Å². The maximum absolute atomic E-state index is 14.1. The van der Waals surface area contributed by atoms with E-state index in [-0.39, 0.29) is 34.0 Å². The van der Waals surface area contributed by atoms with Gasteiger partial charge in [-0.2, -0.15) is 14.4 Å². The van der Waals surface area contributed by atoms with Crippen LogP contribution < -0.4 is 4.90 Å². The maximum Gasteiger partial charge on any atom is 0.311 e. The molecule has 2 fully saturated rings. The van der Waals surface area contributed by atoms with Gasteiger partial charge in [-0.15, -0.1) is 11.6 Å². The first-order valence-electron chi connectivity index (χ1n) is 6.77. The molecule has 2 aromatic rings. The van der Waals surface area contributed by atoms with Gasteiger partial charge in [0.05, 0.1) is 22.9 Å². The number of rotatable bonds is 1. The summed E-state index contributed by atoms with van der Waals surface area (Å²) in [5, 5.41) is -0.242. The predicted octanol–water partition coefficient (Wildman–Crippen LogP) is 2.54. The molecule has 0 N–H and O–H groups in total. The lowest BCUT2D eigenvalue weighted by atomic mass is 10.2. The summed E-state index contributed by atoms with van der Waals surface area (Å²) in [6.45, 7) is 1.16. The van der Waals surface area contributed by atoms with E-state index in [1.807, 2.05) is 4.90 Å². The first-order chi connectivity index (χ1) is 10.6. The molecule has 3 atom stereocenters. The van der Waals surface area contributed by atoms with Crippen LogP contribution in [0, 0.1) is 11.9 Å². The van der Waals surface area contributed by atoms with Crippen LogP contribution >= 0.6 is 23.2 Å². The Labute approximate surface area is 134 Å². The van der Waals surface area contributed by atoms with E-state index in [0.29, 0.717) is 18.5 Å². The molecule has 9 heteroatoms. The maximum atomic E-state index is 14.1. The second kappa shape index (κ2) is 5.11. The van der Waals surface area contributed by atoms with Gasteiger partial charge in [0.15, 0.2) is 11.0 Å². The van der Waals surface area contributed by atoms with Crippen molar-refractivity contribution in [2.75, 3.05) is 18.1 Å². The van der Waals surface area contributed by atoms with E-state index < -0.39 is 11.9 Å². The molecule has 1 unspecified atom stereocenters. The first-order valence-corrected chi connectivity index (χ1v) is 7.59. The molecule has 5 nitrogen and oxygen atoms in total. The number of hydrogen-bond donors (Lipinski definition) is 0. The van der Waals surface area contributed by atoms with Crippen LogP contribution in [0.4, 0.5) is 14.6 Å². The molecule has 1 saturated carbocycles. The molecule has 0 aromatic carbocycles. The Balaban J connectivity index is 1.89. The van der Waals surface area contributed by atoms with Crippen molar-refractivity contribution in [2.45, 2.75) is 23.9 Å². The fraction of sp³-hybridized carbons (Fsp3) is 0.462. The first kappa shape index (κ1) is 14.3. The lowest BCUT2D eigenvalue weighted by Gasteiger charge is -2.23. The molecule has 0 amide bonds. The molecule has 1 saturated heterocycles. The molecule has 2 aromatic heterocycles. The van der Waals surface area contributed by atoms with Crippen molar-refractivity contribution in [1.29, 1.82) is 0 Å². The Morgan fingerprint density at radius 2 is 2.14 bits per heavy atom. The number of ether oxygens (including phenoxy) is 1. The average molecular weight is 347 g/mol. The Kier molecular flexibility index (Phi) is 3.32. The van der Waals surface area contributed by atoms with E-state index in [1.165, 1.54) is 6.20 Å². The summed E-state index contributed by atoms with van der Waals surface area (Å²) in [5.74, 6) is -0.586. The number of halogens is 4. The van der Waals surface area contributed by atoms with Crippen LogP contribution in [0.2, 0.25) is 5.15 Å². The molecule has 116 valence electrons. The Hall–Kier alpha value is -1.31. The minimum Gasteiger partial charge on any atom is -0.374 e. The standard InChI is InChI=1S/C13H10Cl2F2N4O/c14-6-9-10(6)22-3-1-2-21(9)12-5-4-18-11(15)7(16)8(5)19-13(17)20-12/h4,6,9-10H,1-3H2/t6-,9?,10+/m1/s1. The number of nitrogens with zero attached hydrogens (tertiary/aromatic N) is 4. The van der Waals surface area contributed by atoms with Gasteiger partial charge >= 0.3 is 6.08 Å². The highest BCUT2D eigenvalue weighted by atomic mass is 35.5. The van der Waals surface area contributed by atoms with Gasteiger partial charge in [-0.05, 0) is 6.42 Å². The molecule has 4 rings (SSSR count). The zero-order valence-corrected chi connectivity index (χ0v) is 12.7. The molecule has 2 aliphatic rings. The zero-order valence-electron chi connectivity index (χ0n) is 11.1. The predicted molar refractivity (Wildman–Crippen MR) is 77.4 cm³/mol. The van der Waals surface area contributed by atoms with Crippen molar-refractivity contribution in [3.8, 4) is 0 Å².